The lowest BCUT2D eigenvalue weighted by Crippen LogP contribution is -2.48. The molecule has 134 valence electrons. The van der Waals surface area contributed by atoms with Crippen LogP contribution in [0.3, 0.4) is 0 Å². The Hall–Kier alpha value is -1.09. The molecule has 0 aliphatic carbocycles. The standard InChI is InChI=1S/C16H25N3O3S2/c1-4-18-9-11-19(12-10-18)24(21,22)15-7-5-14(6-8-15)17-16(20)13(2)23-3/h5-8,13H,4,9-12H2,1-3H3,(H,17,20). The highest BCUT2D eigenvalue weighted by atomic mass is 32.2. The van der Waals surface area contributed by atoms with Crippen LogP contribution in [-0.2, 0) is 14.8 Å². The summed E-state index contributed by atoms with van der Waals surface area (Å²) in [6.07, 6.45) is 1.87. The summed E-state index contributed by atoms with van der Waals surface area (Å²) in [6, 6.07) is 6.39. The third kappa shape index (κ3) is 4.50. The van der Waals surface area contributed by atoms with E-state index in [1.54, 1.807) is 24.3 Å². The number of carbonyl (C=O) groups is 1. The number of hydrogen-bond acceptors (Lipinski definition) is 5. The van der Waals surface area contributed by atoms with Crippen molar-refractivity contribution in [3.8, 4) is 0 Å². The summed E-state index contributed by atoms with van der Waals surface area (Å²) in [6.45, 7) is 7.40. The summed E-state index contributed by atoms with van der Waals surface area (Å²) < 4.78 is 26.9. The molecule has 1 aliphatic heterocycles. The highest BCUT2D eigenvalue weighted by Gasteiger charge is 2.27. The number of rotatable bonds is 6. The summed E-state index contributed by atoms with van der Waals surface area (Å²) in [5, 5.41) is 2.64. The summed E-state index contributed by atoms with van der Waals surface area (Å²) in [4.78, 5) is 14.4. The van der Waals surface area contributed by atoms with Crippen molar-refractivity contribution in [2.75, 3.05) is 44.3 Å². The van der Waals surface area contributed by atoms with E-state index < -0.39 is 10.0 Å². The van der Waals surface area contributed by atoms with E-state index in [2.05, 4.69) is 17.1 Å². The molecule has 24 heavy (non-hydrogen) atoms. The van der Waals surface area contributed by atoms with Crippen molar-refractivity contribution in [2.24, 2.45) is 0 Å². The first kappa shape index (κ1) is 19.2. The fourth-order valence-corrected chi connectivity index (χ4v) is 4.19. The first-order chi connectivity index (χ1) is 11.4. The third-order valence-electron chi connectivity index (χ3n) is 4.26. The van der Waals surface area contributed by atoms with Crippen LogP contribution in [0.4, 0.5) is 5.69 Å². The molecular formula is C16H25N3O3S2. The second kappa shape index (κ2) is 8.33. The van der Waals surface area contributed by atoms with E-state index in [1.807, 2.05) is 13.2 Å². The van der Waals surface area contributed by atoms with Gasteiger partial charge in [0, 0.05) is 31.9 Å². The molecule has 1 aromatic rings. The van der Waals surface area contributed by atoms with Gasteiger partial charge in [-0.3, -0.25) is 4.79 Å². The minimum absolute atomic E-state index is 0.0891. The van der Waals surface area contributed by atoms with Gasteiger partial charge in [-0.1, -0.05) is 6.92 Å². The van der Waals surface area contributed by atoms with Gasteiger partial charge in [0.05, 0.1) is 10.1 Å². The van der Waals surface area contributed by atoms with E-state index in [0.717, 1.165) is 19.6 Å². The van der Waals surface area contributed by atoms with Gasteiger partial charge < -0.3 is 10.2 Å². The van der Waals surface area contributed by atoms with Crippen LogP contribution >= 0.6 is 11.8 Å². The van der Waals surface area contributed by atoms with Gasteiger partial charge in [-0.05, 0) is 44.0 Å². The SMILES string of the molecule is CCN1CCN(S(=O)(=O)c2ccc(NC(=O)C(C)SC)cc2)CC1. The lowest BCUT2D eigenvalue weighted by molar-refractivity contribution is -0.115. The number of carbonyl (C=O) groups excluding carboxylic acids is 1. The Morgan fingerprint density at radius 1 is 1.21 bits per heavy atom. The van der Waals surface area contributed by atoms with Crippen molar-refractivity contribution < 1.29 is 13.2 Å². The van der Waals surface area contributed by atoms with Gasteiger partial charge in [0.25, 0.3) is 0 Å². The maximum Gasteiger partial charge on any atom is 0.243 e. The fourth-order valence-electron chi connectivity index (χ4n) is 2.50. The number of nitrogens with zero attached hydrogens (tertiary/aromatic N) is 2. The van der Waals surface area contributed by atoms with Crippen molar-refractivity contribution in [3.63, 3.8) is 0 Å². The molecule has 1 unspecified atom stereocenters. The van der Waals surface area contributed by atoms with E-state index in [0.29, 0.717) is 18.8 Å². The van der Waals surface area contributed by atoms with E-state index in [9.17, 15) is 13.2 Å². The van der Waals surface area contributed by atoms with Crippen LogP contribution in [0.1, 0.15) is 13.8 Å². The Morgan fingerprint density at radius 3 is 2.29 bits per heavy atom. The maximum absolute atomic E-state index is 12.7. The average Bonchev–Trinajstić information content (AvgIpc) is 2.61. The predicted molar refractivity (Wildman–Crippen MR) is 98.9 cm³/mol. The quantitative estimate of drug-likeness (QED) is 0.824. The summed E-state index contributed by atoms with van der Waals surface area (Å²) in [5.41, 5.74) is 0.607. The highest BCUT2D eigenvalue weighted by Crippen LogP contribution is 2.20. The number of benzene rings is 1. The van der Waals surface area contributed by atoms with Gasteiger partial charge in [0.1, 0.15) is 0 Å². The molecule has 1 N–H and O–H groups in total. The molecule has 1 fully saturated rings. The number of amides is 1. The van der Waals surface area contributed by atoms with Gasteiger partial charge in [-0.15, -0.1) is 0 Å². The molecular weight excluding hydrogens is 346 g/mol. The van der Waals surface area contributed by atoms with Crippen LogP contribution in [0.15, 0.2) is 29.2 Å². The van der Waals surface area contributed by atoms with Gasteiger partial charge in [-0.25, -0.2) is 8.42 Å². The van der Waals surface area contributed by atoms with Gasteiger partial charge in [-0.2, -0.15) is 16.1 Å². The number of anilines is 1. The minimum atomic E-state index is -3.47. The van der Waals surface area contributed by atoms with Crippen molar-refractivity contribution >= 4 is 33.4 Å². The van der Waals surface area contributed by atoms with Crippen molar-refractivity contribution in [3.05, 3.63) is 24.3 Å². The second-order valence-corrected chi connectivity index (χ2v) is 8.85. The molecule has 0 spiro atoms. The molecule has 1 aliphatic rings. The van der Waals surface area contributed by atoms with Crippen LogP contribution in [0.2, 0.25) is 0 Å². The lowest BCUT2D eigenvalue weighted by atomic mass is 10.3. The highest BCUT2D eigenvalue weighted by molar-refractivity contribution is 7.99. The van der Waals surface area contributed by atoms with Crippen LogP contribution in [0.25, 0.3) is 0 Å². The molecule has 0 saturated carbocycles. The number of sulfonamides is 1. The zero-order valence-corrected chi connectivity index (χ0v) is 16.0. The molecule has 1 atom stereocenters. The molecule has 2 rings (SSSR count). The van der Waals surface area contributed by atoms with Gasteiger partial charge >= 0.3 is 0 Å². The van der Waals surface area contributed by atoms with E-state index in [4.69, 9.17) is 0 Å². The van der Waals surface area contributed by atoms with Crippen LogP contribution in [-0.4, -0.2) is 67.8 Å². The molecule has 6 nitrogen and oxygen atoms in total. The predicted octanol–water partition coefficient (Wildman–Crippen LogP) is 1.70. The largest absolute Gasteiger partial charge is 0.325 e. The zero-order chi connectivity index (χ0) is 17.7. The molecule has 0 radical (unpaired) electrons. The Labute approximate surface area is 148 Å². The molecule has 0 bridgehead atoms. The molecule has 8 heteroatoms. The van der Waals surface area contributed by atoms with Crippen molar-refractivity contribution in [1.82, 2.24) is 9.21 Å². The third-order valence-corrected chi connectivity index (χ3v) is 7.09. The minimum Gasteiger partial charge on any atom is -0.325 e. The Kier molecular flexibility index (Phi) is 6.68. The molecule has 1 amide bonds. The summed E-state index contributed by atoms with van der Waals surface area (Å²) >= 11 is 1.46. The van der Waals surface area contributed by atoms with Gasteiger partial charge in [0.15, 0.2) is 0 Å². The van der Waals surface area contributed by atoms with E-state index in [-0.39, 0.29) is 16.1 Å². The average molecular weight is 372 g/mol. The number of hydrogen-bond donors (Lipinski definition) is 1. The Bertz CT molecular complexity index is 654. The van der Waals surface area contributed by atoms with Crippen molar-refractivity contribution in [1.29, 1.82) is 0 Å². The molecule has 0 aromatic heterocycles. The summed E-state index contributed by atoms with van der Waals surface area (Å²) in [5.74, 6) is -0.0891. The van der Waals surface area contributed by atoms with Crippen molar-refractivity contribution in [2.45, 2.75) is 24.0 Å². The normalized spacial score (nSPS) is 18.3. The maximum atomic E-state index is 12.7. The number of nitrogens with one attached hydrogen (secondary N) is 1. The zero-order valence-electron chi connectivity index (χ0n) is 14.4. The first-order valence-corrected chi connectivity index (χ1v) is 10.8. The Balaban J connectivity index is 2.05. The smallest absolute Gasteiger partial charge is 0.243 e. The lowest BCUT2D eigenvalue weighted by Gasteiger charge is -2.33. The number of piperazine rings is 1. The van der Waals surface area contributed by atoms with E-state index in [1.165, 1.54) is 16.1 Å². The Morgan fingerprint density at radius 2 is 1.79 bits per heavy atom. The molecule has 1 aromatic carbocycles. The topological polar surface area (TPSA) is 69.7 Å². The van der Waals surface area contributed by atoms with Crippen LogP contribution in [0, 0.1) is 0 Å². The second-order valence-electron chi connectivity index (χ2n) is 5.73. The van der Waals surface area contributed by atoms with Gasteiger partial charge in [0.2, 0.25) is 15.9 Å². The van der Waals surface area contributed by atoms with Crippen LogP contribution in [0.5, 0.6) is 0 Å². The summed E-state index contributed by atoms with van der Waals surface area (Å²) in [7, 11) is -3.47. The number of likely N-dealkylation sites (N-methyl/N-ethyl adjacent to an activating group) is 1. The monoisotopic (exact) mass is 371 g/mol. The van der Waals surface area contributed by atoms with E-state index >= 15 is 0 Å². The first-order valence-electron chi connectivity index (χ1n) is 8.04. The number of thioether (sulfide) groups is 1. The fraction of sp³-hybridized carbons (Fsp3) is 0.562. The molecule has 1 saturated heterocycles. The molecule has 1 heterocycles. The van der Waals surface area contributed by atoms with Crippen LogP contribution < -0.4 is 5.32 Å².